The Kier molecular flexibility index (Phi) is 33.8. The summed E-state index contributed by atoms with van der Waals surface area (Å²) in [6.45, 7) is 15.3. The van der Waals surface area contributed by atoms with Gasteiger partial charge in [0.1, 0.15) is 67.1 Å². The molecular weight excluding hydrogens is 1260 g/mol. The maximum atomic E-state index is 14.4. The molecule has 25 nitrogen and oxygen atoms in total. The van der Waals surface area contributed by atoms with Gasteiger partial charge in [-0.2, -0.15) is 0 Å². The molecule has 0 spiro atoms. The zero-order chi connectivity index (χ0) is 70.3. The molecule has 0 saturated carbocycles. The molecule has 6 fully saturated rings. The second kappa shape index (κ2) is 40.7. The van der Waals surface area contributed by atoms with Gasteiger partial charge in [-0.05, 0) is 78.4 Å². The van der Waals surface area contributed by atoms with Crippen LogP contribution in [0.4, 0.5) is 0 Å². The van der Waals surface area contributed by atoms with Crippen LogP contribution in [0.3, 0.4) is 0 Å². The average molecular weight is 1380 g/mol. The molecule has 0 radical (unpaired) electrons. The minimum absolute atomic E-state index is 0.0412. The number of hydrogen-bond donors (Lipinski definition) is 7. The molecule has 97 heavy (non-hydrogen) atoms. The van der Waals surface area contributed by atoms with E-state index in [0.717, 1.165) is 102 Å². The Morgan fingerprint density at radius 1 is 0.495 bits per heavy atom. The van der Waals surface area contributed by atoms with Crippen molar-refractivity contribution in [3.63, 3.8) is 0 Å². The first-order chi connectivity index (χ1) is 46.5. The van der Waals surface area contributed by atoms with Gasteiger partial charge in [0.05, 0.1) is 42.5 Å². The molecule has 6 aliphatic heterocycles. The van der Waals surface area contributed by atoms with Crippen molar-refractivity contribution in [2.45, 2.75) is 376 Å². The van der Waals surface area contributed by atoms with E-state index in [0.29, 0.717) is 31.2 Å². The van der Waals surface area contributed by atoms with Gasteiger partial charge in [0.15, 0.2) is 55.9 Å². The Morgan fingerprint density at radius 3 is 1.72 bits per heavy atom. The minimum Gasteiger partial charge on any atom is -0.457 e. The summed E-state index contributed by atoms with van der Waals surface area (Å²) in [5, 5.41) is 81.9. The second-order valence-electron chi connectivity index (χ2n) is 27.5. The summed E-state index contributed by atoms with van der Waals surface area (Å²) < 4.78 is 89.8. The van der Waals surface area contributed by atoms with Gasteiger partial charge < -0.3 is 102 Å². The molecule has 7 rings (SSSR count). The van der Waals surface area contributed by atoms with Crippen LogP contribution in [0.15, 0.2) is 36.4 Å². The van der Waals surface area contributed by atoms with Crippen LogP contribution >= 0.6 is 0 Å². The first-order valence-electron chi connectivity index (χ1n) is 36.4. The molecule has 25 heteroatoms. The van der Waals surface area contributed by atoms with Gasteiger partial charge in [0, 0.05) is 18.9 Å². The normalized spacial score (nSPS) is 38.5. The van der Waals surface area contributed by atoms with Crippen molar-refractivity contribution in [3.8, 4) is 0 Å². The van der Waals surface area contributed by atoms with E-state index in [9.17, 15) is 54.9 Å². The van der Waals surface area contributed by atoms with Crippen LogP contribution in [0.5, 0.6) is 0 Å². The SMILES string of the molecule is CCCCCCCCCCCC(=O)O[C@@H]1[C@@H](O)[C@@H](OC(=O)C=Cc2ccccc2)[C@H](O[C@@H]2[C@@H](O[C@@H]3O[C@@H](C)[C@H](O)[C@@H](O)[C@H]3O)[C@@H](OC(=O)[C@@H](C)CC)[C@H](O[C@@H]3[C@@H](O)[C@H]4OC(=O)CCCCCCCCC[C@H](CCCCC)O[C@@H]5O[C@H](C)[C@H](O)[C@H](O)[C@H]5O[C@@H]4O[C@H]3C)O[C@H]2C)O[C@H]1C. The summed E-state index contributed by atoms with van der Waals surface area (Å²) in [6.07, 6.45) is -17.1. The summed E-state index contributed by atoms with van der Waals surface area (Å²) in [7, 11) is 0. The summed E-state index contributed by atoms with van der Waals surface area (Å²) in [4.78, 5) is 55.9. The average Bonchev–Trinajstić information content (AvgIpc) is 0.775. The summed E-state index contributed by atoms with van der Waals surface area (Å²) in [5.41, 5.74) is 0.648. The monoisotopic (exact) mass is 1380 g/mol. The standard InChI is InChI=1S/C72H116O25/c1-10-13-15-16-17-18-21-24-31-37-49(73)90-59-44(7)86-70(63(57(59)81)92-51(75)40-39-47-33-28-26-29-34-47)95-61-46(9)88-72(66(93-67(83)41(4)12-3)65(61)97-68-56(80)54(78)52(76)42(5)84-68)94-60-45(8)87-71-64(58(60)82)91-50(74)38-32-25-22-19-20-23-30-36-48(35-27-14-11-2)89-69-62(96-71)55(79)53(77)43(6)85-69/h26,28-29,33-34,39-46,48,52-66,68-72,76-82H,10-25,27,30-32,35-38H2,1-9H3/t41-,42-,43+,44-,45-,46-,48-,52-,53-,54+,55-,56+,57+,58+,59-,60-,61-,62+,63+,64+,65+,66+,68-,69-,70-,71-,72-/m0/s1. The van der Waals surface area contributed by atoms with E-state index in [-0.39, 0.29) is 25.4 Å². The lowest BCUT2D eigenvalue weighted by Crippen LogP contribution is -2.68. The fourth-order valence-electron chi connectivity index (χ4n) is 13.3. The highest BCUT2D eigenvalue weighted by atomic mass is 16.8. The molecule has 6 aliphatic rings. The third-order valence-electron chi connectivity index (χ3n) is 19.6. The van der Waals surface area contributed by atoms with Crippen LogP contribution in [0.1, 0.15) is 222 Å². The Hall–Kier alpha value is -3.84. The van der Waals surface area contributed by atoms with E-state index in [1.165, 1.54) is 46.6 Å². The molecule has 1 aromatic rings. The van der Waals surface area contributed by atoms with Crippen molar-refractivity contribution in [1.82, 2.24) is 0 Å². The summed E-state index contributed by atoms with van der Waals surface area (Å²) >= 11 is 0. The number of ether oxygens (including phenoxy) is 14. The van der Waals surface area contributed by atoms with Gasteiger partial charge in [0.2, 0.25) is 0 Å². The van der Waals surface area contributed by atoms with Crippen LogP contribution < -0.4 is 0 Å². The molecule has 0 aromatic heterocycles. The second-order valence-corrected chi connectivity index (χ2v) is 27.5. The summed E-state index contributed by atoms with van der Waals surface area (Å²) in [6, 6.07) is 8.87. The smallest absolute Gasteiger partial charge is 0.331 e. The predicted molar refractivity (Wildman–Crippen MR) is 350 cm³/mol. The molecule has 554 valence electrons. The first-order valence-corrected chi connectivity index (χ1v) is 36.4. The molecule has 1 aromatic carbocycles. The molecular formula is C72H116O25. The number of benzene rings is 1. The zero-order valence-corrected chi connectivity index (χ0v) is 58.6. The molecule has 0 unspecified atom stereocenters. The largest absolute Gasteiger partial charge is 0.457 e. The maximum Gasteiger partial charge on any atom is 0.331 e. The Labute approximate surface area is 573 Å². The number of carbonyl (C=O) groups excluding carboxylic acids is 4. The van der Waals surface area contributed by atoms with Crippen molar-refractivity contribution in [2.24, 2.45) is 5.92 Å². The number of aliphatic hydroxyl groups is 7. The molecule has 7 N–H and O–H groups in total. The topological polar surface area (TPSA) is 339 Å². The maximum absolute atomic E-state index is 14.4. The van der Waals surface area contributed by atoms with E-state index < -0.39 is 183 Å². The van der Waals surface area contributed by atoms with E-state index in [1.54, 1.807) is 51.1 Å². The zero-order valence-electron chi connectivity index (χ0n) is 58.6. The first kappa shape index (κ1) is 80.5. The molecule has 6 saturated heterocycles. The third-order valence-corrected chi connectivity index (χ3v) is 19.6. The van der Waals surface area contributed by atoms with Crippen molar-refractivity contribution in [1.29, 1.82) is 0 Å². The van der Waals surface area contributed by atoms with E-state index in [2.05, 4.69) is 13.8 Å². The van der Waals surface area contributed by atoms with Gasteiger partial charge in [-0.25, -0.2) is 4.79 Å². The van der Waals surface area contributed by atoms with Crippen molar-refractivity contribution < 1.29 is 121 Å². The molecule has 0 amide bonds. The molecule has 0 bridgehead atoms. The third kappa shape index (κ3) is 23.3. The fourth-order valence-corrected chi connectivity index (χ4v) is 13.3. The van der Waals surface area contributed by atoms with Crippen LogP contribution in [-0.2, 0) is 85.5 Å². The fraction of sp³-hybridized carbons (Fsp3) is 0.833. The highest BCUT2D eigenvalue weighted by Crippen LogP contribution is 2.40. The number of aliphatic hydroxyl groups excluding tert-OH is 7. The number of unbranched alkanes of at least 4 members (excludes halogenated alkanes) is 10. The summed E-state index contributed by atoms with van der Waals surface area (Å²) in [5.74, 6) is -3.87. The number of rotatable bonds is 27. The van der Waals surface area contributed by atoms with Crippen LogP contribution in [-0.4, -0.2) is 219 Å². The minimum atomic E-state index is -1.95. The van der Waals surface area contributed by atoms with E-state index >= 15 is 0 Å². The van der Waals surface area contributed by atoms with E-state index in [4.69, 9.17) is 66.3 Å². The van der Waals surface area contributed by atoms with Gasteiger partial charge in [-0.3, -0.25) is 14.4 Å². The lowest BCUT2D eigenvalue weighted by molar-refractivity contribution is -0.399. The van der Waals surface area contributed by atoms with Gasteiger partial charge >= 0.3 is 23.9 Å². The molecule has 6 heterocycles. The number of hydrogen-bond acceptors (Lipinski definition) is 25. The van der Waals surface area contributed by atoms with Crippen molar-refractivity contribution in [3.05, 3.63) is 42.0 Å². The lowest BCUT2D eigenvalue weighted by atomic mass is 9.95. The van der Waals surface area contributed by atoms with Gasteiger partial charge in [-0.15, -0.1) is 0 Å². The molecule has 27 atom stereocenters. The highest BCUT2D eigenvalue weighted by Gasteiger charge is 2.59. The number of carbonyl (C=O) groups is 4. The quantitative estimate of drug-likeness (QED) is 0.0193. The van der Waals surface area contributed by atoms with Gasteiger partial charge in [-0.1, -0.05) is 167 Å². The lowest BCUT2D eigenvalue weighted by Gasteiger charge is -2.51. The number of fused-ring (bicyclic) bond motifs is 2. The van der Waals surface area contributed by atoms with Crippen LogP contribution in [0.2, 0.25) is 0 Å². The number of esters is 4. The van der Waals surface area contributed by atoms with E-state index in [1.807, 2.05) is 0 Å². The predicted octanol–water partition coefficient (Wildman–Crippen LogP) is 7.60. The molecule has 0 aliphatic carbocycles. The van der Waals surface area contributed by atoms with Crippen LogP contribution in [0.25, 0.3) is 6.08 Å². The highest BCUT2D eigenvalue weighted by molar-refractivity contribution is 5.87. The van der Waals surface area contributed by atoms with Crippen molar-refractivity contribution >= 4 is 30.0 Å². The Balaban J connectivity index is 1.22. The van der Waals surface area contributed by atoms with Crippen molar-refractivity contribution in [2.75, 3.05) is 0 Å². The van der Waals surface area contributed by atoms with Crippen LogP contribution in [0, 0.1) is 5.92 Å². The van der Waals surface area contributed by atoms with Gasteiger partial charge in [0.25, 0.3) is 0 Å². The Bertz CT molecular complexity index is 2490. The Morgan fingerprint density at radius 2 is 1.04 bits per heavy atom.